The minimum absolute atomic E-state index is 0.0674. The first-order valence-corrected chi connectivity index (χ1v) is 10.3. The van der Waals surface area contributed by atoms with Crippen LogP contribution in [0.4, 0.5) is 0 Å². The lowest BCUT2D eigenvalue weighted by Crippen LogP contribution is -2.53. The molecule has 6 nitrogen and oxygen atoms in total. The minimum atomic E-state index is -1.66. The lowest BCUT2D eigenvalue weighted by molar-refractivity contribution is -0.150. The lowest BCUT2D eigenvalue weighted by Gasteiger charge is -2.27. The Bertz CT molecular complexity index is 1060. The highest BCUT2D eigenvalue weighted by Gasteiger charge is 2.66. The molecule has 0 spiro atoms. The Morgan fingerprint density at radius 1 is 1.13 bits per heavy atom. The molecule has 0 bridgehead atoms. The fourth-order valence-corrected chi connectivity index (χ4v) is 5.12. The lowest BCUT2D eigenvalue weighted by atomic mass is 9.80. The maximum absolute atomic E-state index is 13.3. The Labute approximate surface area is 187 Å². The predicted octanol–water partition coefficient (Wildman–Crippen LogP) is 3.94. The van der Waals surface area contributed by atoms with Gasteiger partial charge in [0.25, 0.3) is 0 Å². The number of carbonyl (C=O) groups is 3. The summed E-state index contributed by atoms with van der Waals surface area (Å²) in [6, 6.07) is 11.2. The Hall–Kier alpha value is -2.12. The van der Waals surface area contributed by atoms with Crippen molar-refractivity contribution in [2.24, 2.45) is 11.8 Å². The van der Waals surface area contributed by atoms with Crippen molar-refractivity contribution in [3.8, 4) is 0 Å². The number of hydrogen-bond acceptors (Lipinski definition) is 4. The molecule has 0 aliphatic carbocycles. The predicted molar refractivity (Wildman–Crippen MR) is 112 cm³/mol. The summed E-state index contributed by atoms with van der Waals surface area (Å²) in [5.74, 6) is -4.26. The fourth-order valence-electron chi connectivity index (χ4n) is 4.39. The van der Waals surface area contributed by atoms with Gasteiger partial charge in [0.2, 0.25) is 11.8 Å². The second-order valence-corrected chi connectivity index (χ2v) is 8.89. The summed E-state index contributed by atoms with van der Waals surface area (Å²) in [5.41, 5.74) is -0.507. The van der Waals surface area contributed by atoms with Gasteiger partial charge in [-0.25, -0.2) is 0 Å². The molecule has 2 aromatic carbocycles. The Balaban J connectivity index is 1.80. The van der Waals surface area contributed by atoms with Crippen molar-refractivity contribution < 1.29 is 19.5 Å². The zero-order chi connectivity index (χ0) is 21.8. The van der Waals surface area contributed by atoms with Crippen LogP contribution in [0.2, 0.25) is 15.1 Å². The van der Waals surface area contributed by atoms with Gasteiger partial charge in [-0.15, -0.1) is 0 Å². The topological polar surface area (TPSA) is 86.7 Å². The van der Waals surface area contributed by atoms with Gasteiger partial charge in [0.05, 0.1) is 28.4 Å². The first-order chi connectivity index (χ1) is 14.1. The number of hydrogen-bond donors (Lipinski definition) is 2. The number of aliphatic carboxylic acids is 1. The van der Waals surface area contributed by atoms with Crippen LogP contribution >= 0.6 is 34.8 Å². The van der Waals surface area contributed by atoms with Gasteiger partial charge in [0, 0.05) is 11.1 Å². The van der Waals surface area contributed by atoms with E-state index in [-0.39, 0.29) is 16.6 Å². The molecule has 0 aromatic heterocycles. The second-order valence-electron chi connectivity index (χ2n) is 7.67. The van der Waals surface area contributed by atoms with Crippen molar-refractivity contribution in [3.05, 3.63) is 68.7 Å². The number of likely N-dealkylation sites (tertiary alicyclic amines) is 1. The largest absolute Gasteiger partial charge is 0.480 e. The highest BCUT2D eigenvalue weighted by Crippen LogP contribution is 2.51. The zero-order valence-corrected chi connectivity index (χ0v) is 18.0. The van der Waals surface area contributed by atoms with Gasteiger partial charge < -0.3 is 5.11 Å². The van der Waals surface area contributed by atoms with Crippen molar-refractivity contribution in [1.82, 2.24) is 10.2 Å². The summed E-state index contributed by atoms with van der Waals surface area (Å²) in [6.45, 7) is 1.47. The number of imide groups is 1. The van der Waals surface area contributed by atoms with E-state index in [1.165, 1.54) is 19.1 Å². The molecule has 9 heteroatoms. The van der Waals surface area contributed by atoms with Crippen LogP contribution in [0, 0.1) is 11.8 Å². The van der Waals surface area contributed by atoms with Crippen LogP contribution in [-0.2, 0) is 20.9 Å². The fraction of sp³-hybridized carbons (Fsp3) is 0.286. The van der Waals surface area contributed by atoms with Crippen molar-refractivity contribution in [2.75, 3.05) is 0 Å². The van der Waals surface area contributed by atoms with E-state index in [9.17, 15) is 19.5 Å². The van der Waals surface area contributed by atoms with Crippen LogP contribution in [0.5, 0.6) is 0 Å². The van der Waals surface area contributed by atoms with Crippen LogP contribution in [0.3, 0.4) is 0 Å². The summed E-state index contributed by atoms with van der Waals surface area (Å²) < 4.78 is 0. The molecule has 2 fully saturated rings. The first-order valence-electron chi connectivity index (χ1n) is 9.20. The molecular weight excluding hydrogens is 451 g/mol. The summed E-state index contributed by atoms with van der Waals surface area (Å²) in [4.78, 5) is 39.8. The number of nitrogens with zero attached hydrogens (tertiary/aromatic N) is 1. The van der Waals surface area contributed by atoms with Crippen LogP contribution in [0.25, 0.3) is 0 Å². The average molecular weight is 468 g/mol. The third-order valence-electron chi connectivity index (χ3n) is 5.86. The summed E-state index contributed by atoms with van der Waals surface area (Å²) in [5, 5.41) is 13.5. The van der Waals surface area contributed by atoms with Crippen molar-refractivity contribution in [3.63, 3.8) is 0 Å². The Kier molecular flexibility index (Phi) is 5.31. The number of carbonyl (C=O) groups excluding carboxylic acids is 2. The van der Waals surface area contributed by atoms with E-state index in [1.54, 1.807) is 24.3 Å². The molecular formula is C21H17Cl3N2O4. The molecule has 0 radical (unpaired) electrons. The molecule has 2 N–H and O–H groups in total. The van der Waals surface area contributed by atoms with E-state index in [2.05, 4.69) is 5.32 Å². The van der Waals surface area contributed by atoms with E-state index < -0.39 is 41.2 Å². The molecule has 4 rings (SSSR count). The molecule has 2 aliphatic heterocycles. The maximum atomic E-state index is 13.3. The molecule has 2 amide bonds. The van der Waals surface area contributed by atoms with Crippen LogP contribution in [0.15, 0.2) is 42.5 Å². The molecule has 2 aliphatic rings. The van der Waals surface area contributed by atoms with Crippen LogP contribution in [0.1, 0.15) is 24.1 Å². The van der Waals surface area contributed by atoms with Gasteiger partial charge in [-0.2, -0.15) is 0 Å². The third kappa shape index (κ3) is 3.19. The molecule has 0 saturated carbocycles. The summed E-state index contributed by atoms with van der Waals surface area (Å²) in [7, 11) is 0. The van der Waals surface area contributed by atoms with E-state index in [1.807, 2.05) is 6.07 Å². The molecule has 4 unspecified atom stereocenters. The number of carboxylic acids is 1. The zero-order valence-electron chi connectivity index (χ0n) is 15.7. The molecule has 156 valence electrons. The van der Waals surface area contributed by atoms with Crippen molar-refractivity contribution in [2.45, 2.75) is 25.0 Å². The van der Waals surface area contributed by atoms with Gasteiger partial charge in [-0.1, -0.05) is 65.1 Å². The van der Waals surface area contributed by atoms with Gasteiger partial charge in [0.15, 0.2) is 0 Å². The molecule has 30 heavy (non-hydrogen) atoms. The van der Waals surface area contributed by atoms with Crippen molar-refractivity contribution >= 4 is 52.6 Å². The monoisotopic (exact) mass is 466 g/mol. The van der Waals surface area contributed by atoms with Gasteiger partial charge in [0.1, 0.15) is 5.54 Å². The minimum Gasteiger partial charge on any atom is -0.480 e. The Morgan fingerprint density at radius 3 is 2.43 bits per heavy atom. The molecule has 2 saturated heterocycles. The van der Waals surface area contributed by atoms with E-state index >= 15 is 0 Å². The van der Waals surface area contributed by atoms with E-state index in [4.69, 9.17) is 34.8 Å². The quantitative estimate of drug-likeness (QED) is 0.525. The van der Waals surface area contributed by atoms with Gasteiger partial charge >= 0.3 is 5.97 Å². The van der Waals surface area contributed by atoms with Crippen molar-refractivity contribution in [1.29, 1.82) is 0 Å². The highest BCUT2D eigenvalue weighted by atomic mass is 35.5. The van der Waals surface area contributed by atoms with E-state index in [0.717, 1.165) is 10.5 Å². The average Bonchev–Trinajstić information content (AvgIpc) is 3.15. The van der Waals surface area contributed by atoms with Crippen LogP contribution < -0.4 is 5.32 Å². The SMILES string of the molecule is CC1(C(=O)O)NC(c2cc(Cl)cc(Cl)c2Cl)C2C(=O)N(Cc3ccccc3)C(=O)C21. The second kappa shape index (κ2) is 7.54. The standard InChI is InChI=1S/C21H17Cl3N2O4/c1-21(20(29)30)15-14(17(25-21)12-7-11(22)8-13(23)16(12)24)18(27)26(19(15)28)9-10-5-3-2-4-6-10/h2-8,14-15,17,25H,9H2,1H3,(H,29,30). The first kappa shape index (κ1) is 21.1. The number of halogens is 3. The Morgan fingerprint density at radius 2 is 1.80 bits per heavy atom. The molecule has 2 heterocycles. The maximum Gasteiger partial charge on any atom is 0.324 e. The summed E-state index contributed by atoms with van der Waals surface area (Å²) >= 11 is 18.7. The number of nitrogens with one attached hydrogen (secondary N) is 1. The number of rotatable bonds is 4. The number of amides is 2. The van der Waals surface area contributed by atoms with Crippen LogP contribution in [-0.4, -0.2) is 33.3 Å². The molecule has 2 aromatic rings. The smallest absolute Gasteiger partial charge is 0.324 e. The van der Waals surface area contributed by atoms with E-state index in [0.29, 0.717) is 10.6 Å². The number of fused-ring (bicyclic) bond motifs is 1. The molecule has 4 atom stereocenters. The normalized spacial score (nSPS) is 28.1. The summed E-state index contributed by atoms with van der Waals surface area (Å²) in [6.07, 6.45) is 0. The number of benzene rings is 2. The van der Waals surface area contributed by atoms with Gasteiger partial charge in [-0.3, -0.25) is 24.6 Å². The number of carboxylic acid groups (broad SMARTS) is 1. The third-order valence-corrected chi connectivity index (χ3v) is 6.90. The highest BCUT2D eigenvalue weighted by molar-refractivity contribution is 6.43. The van der Waals surface area contributed by atoms with Gasteiger partial charge in [-0.05, 0) is 30.2 Å².